The number of aromatic nitrogens is 1. The minimum atomic E-state index is -1.01. The van der Waals surface area contributed by atoms with Gasteiger partial charge in [0.25, 0.3) is 5.91 Å². The molecule has 10 heteroatoms. The standard InChI is InChI=1S/C21H22F2N4O3S/c1-29-8-9-30-18-12-24-6-4-13(18)11-26-17-5-7-25-20(28)19(17)21(31)27-14-2-3-15(22)16(23)10-14/h2-4,6,10,12,26H,5,7-9,11H2,1H3,(H,25,28)(H,27,31). The van der Waals surface area contributed by atoms with Crippen molar-refractivity contribution in [1.29, 1.82) is 0 Å². The molecule has 0 atom stereocenters. The second-order valence-electron chi connectivity index (χ2n) is 6.62. The third-order valence-electron chi connectivity index (χ3n) is 4.50. The van der Waals surface area contributed by atoms with Crippen molar-refractivity contribution < 1.29 is 23.0 Å². The van der Waals surface area contributed by atoms with E-state index in [1.54, 1.807) is 19.5 Å². The molecule has 2 heterocycles. The second kappa shape index (κ2) is 10.8. The molecular formula is C21H22F2N4O3S. The van der Waals surface area contributed by atoms with E-state index < -0.39 is 11.6 Å². The molecule has 0 spiro atoms. The summed E-state index contributed by atoms with van der Waals surface area (Å²) in [7, 11) is 1.59. The Hall–Kier alpha value is -3.11. The van der Waals surface area contributed by atoms with Crippen LogP contribution in [-0.4, -0.2) is 42.7 Å². The first-order valence-corrected chi connectivity index (χ1v) is 9.96. The zero-order valence-corrected chi connectivity index (χ0v) is 17.7. The van der Waals surface area contributed by atoms with Crippen LogP contribution in [-0.2, 0) is 16.1 Å². The van der Waals surface area contributed by atoms with Gasteiger partial charge in [0, 0.05) is 55.8 Å². The van der Waals surface area contributed by atoms with Crippen molar-refractivity contribution in [1.82, 2.24) is 15.6 Å². The first-order valence-electron chi connectivity index (χ1n) is 9.56. The van der Waals surface area contributed by atoms with Gasteiger partial charge in [0.2, 0.25) is 0 Å². The molecule has 1 amide bonds. The Balaban J connectivity index is 1.76. The third kappa shape index (κ3) is 5.96. The van der Waals surface area contributed by atoms with Crippen LogP contribution in [0, 0.1) is 11.6 Å². The zero-order valence-electron chi connectivity index (χ0n) is 16.8. The normalized spacial score (nSPS) is 13.6. The Morgan fingerprint density at radius 2 is 2.10 bits per heavy atom. The number of halogens is 2. The van der Waals surface area contributed by atoms with Crippen LogP contribution in [0.2, 0.25) is 0 Å². The van der Waals surface area contributed by atoms with E-state index in [1.165, 1.54) is 6.07 Å². The van der Waals surface area contributed by atoms with Crippen LogP contribution in [0.4, 0.5) is 14.5 Å². The molecule has 0 saturated carbocycles. The number of rotatable bonds is 9. The first kappa shape index (κ1) is 22.6. The van der Waals surface area contributed by atoms with E-state index in [9.17, 15) is 13.6 Å². The number of nitrogens with zero attached hydrogens (tertiary/aromatic N) is 1. The number of thiocarbonyl (C=S) groups is 1. The van der Waals surface area contributed by atoms with Crippen LogP contribution in [0.25, 0.3) is 0 Å². The number of methoxy groups -OCH3 is 1. The van der Waals surface area contributed by atoms with E-state index >= 15 is 0 Å². The van der Waals surface area contributed by atoms with Crippen molar-refractivity contribution in [2.75, 3.05) is 32.2 Å². The highest BCUT2D eigenvalue weighted by molar-refractivity contribution is 7.81. The van der Waals surface area contributed by atoms with Gasteiger partial charge in [-0.2, -0.15) is 0 Å². The van der Waals surface area contributed by atoms with E-state index in [2.05, 4.69) is 20.9 Å². The van der Waals surface area contributed by atoms with Gasteiger partial charge < -0.3 is 25.4 Å². The molecule has 2 aromatic rings. The Morgan fingerprint density at radius 3 is 2.87 bits per heavy atom. The molecule has 3 rings (SSSR count). The predicted molar refractivity (Wildman–Crippen MR) is 116 cm³/mol. The minimum absolute atomic E-state index is 0.108. The largest absolute Gasteiger partial charge is 0.489 e. The van der Waals surface area contributed by atoms with Crippen LogP contribution < -0.4 is 20.7 Å². The minimum Gasteiger partial charge on any atom is -0.489 e. The Morgan fingerprint density at radius 1 is 1.26 bits per heavy atom. The molecule has 164 valence electrons. The van der Waals surface area contributed by atoms with Crippen LogP contribution in [0.15, 0.2) is 47.9 Å². The molecule has 1 aromatic heterocycles. The lowest BCUT2D eigenvalue weighted by Gasteiger charge is -2.23. The SMILES string of the molecule is COCCOc1cnccc1CNC1=C(C(=S)Nc2ccc(F)c(F)c2)C(=O)NCC1. The number of carbonyl (C=O) groups is 1. The van der Waals surface area contributed by atoms with Crippen LogP contribution in [0.1, 0.15) is 12.0 Å². The van der Waals surface area contributed by atoms with Crippen LogP contribution in [0.5, 0.6) is 5.75 Å². The summed E-state index contributed by atoms with van der Waals surface area (Å²) < 4.78 is 37.3. The Bertz CT molecular complexity index is 1000. The van der Waals surface area contributed by atoms with Gasteiger partial charge in [-0.05, 0) is 18.2 Å². The molecule has 1 aliphatic heterocycles. The third-order valence-corrected chi connectivity index (χ3v) is 4.81. The van der Waals surface area contributed by atoms with Gasteiger partial charge in [-0.3, -0.25) is 9.78 Å². The van der Waals surface area contributed by atoms with E-state index in [4.69, 9.17) is 21.7 Å². The number of hydrogen-bond donors (Lipinski definition) is 3. The highest BCUT2D eigenvalue weighted by Gasteiger charge is 2.24. The number of anilines is 1. The Kier molecular flexibility index (Phi) is 7.85. The molecule has 0 unspecified atom stereocenters. The average Bonchev–Trinajstić information content (AvgIpc) is 2.75. The van der Waals surface area contributed by atoms with Crippen LogP contribution in [0.3, 0.4) is 0 Å². The number of benzene rings is 1. The van der Waals surface area contributed by atoms with Gasteiger partial charge in [0.15, 0.2) is 11.6 Å². The lowest BCUT2D eigenvalue weighted by molar-refractivity contribution is -0.117. The zero-order chi connectivity index (χ0) is 22.2. The van der Waals surface area contributed by atoms with Crippen molar-refractivity contribution in [2.45, 2.75) is 13.0 Å². The van der Waals surface area contributed by atoms with Gasteiger partial charge in [-0.25, -0.2) is 8.78 Å². The number of hydrogen-bond acceptors (Lipinski definition) is 6. The fourth-order valence-electron chi connectivity index (χ4n) is 2.96. The second-order valence-corrected chi connectivity index (χ2v) is 7.03. The summed E-state index contributed by atoms with van der Waals surface area (Å²) in [5.74, 6) is -1.71. The molecular weight excluding hydrogens is 426 g/mol. The van der Waals surface area contributed by atoms with Crippen molar-refractivity contribution in [3.05, 3.63) is 65.1 Å². The smallest absolute Gasteiger partial charge is 0.256 e. The summed E-state index contributed by atoms with van der Waals surface area (Å²) in [6.07, 6.45) is 3.80. The summed E-state index contributed by atoms with van der Waals surface area (Å²) >= 11 is 5.38. The van der Waals surface area contributed by atoms with Crippen molar-refractivity contribution in [2.24, 2.45) is 0 Å². The average molecular weight is 448 g/mol. The maximum absolute atomic E-state index is 13.5. The van der Waals surface area contributed by atoms with Gasteiger partial charge in [0.05, 0.1) is 18.4 Å². The molecule has 0 aliphatic carbocycles. The van der Waals surface area contributed by atoms with Gasteiger partial charge in [0.1, 0.15) is 17.3 Å². The van der Waals surface area contributed by atoms with E-state index in [1.807, 2.05) is 6.07 Å². The maximum Gasteiger partial charge on any atom is 0.256 e. The van der Waals surface area contributed by atoms with Crippen LogP contribution >= 0.6 is 12.2 Å². The van der Waals surface area contributed by atoms with Gasteiger partial charge in [-0.15, -0.1) is 0 Å². The molecule has 0 saturated heterocycles. The number of pyridine rings is 1. The highest BCUT2D eigenvalue weighted by atomic mass is 32.1. The summed E-state index contributed by atoms with van der Waals surface area (Å²) in [6, 6.07) is 5.13. The summed E-state index contributed by atoms with van der Waals surface area (Å²) in [4.78, 5) is 16.7. The molecule has 3 N–H and O–H groups in total. The summed E-state index contributed by atoms with van der Waals surface area (Å²) in [6.45, 7) is 1.66. The number of ether oxygens (including phenoxy) is 2. The monoisotopic (exact) mass is 448 g/mol. The van der Waals surface area contributed by atoms with Crippen molar-refractivity contribution in [3.63, 3.8) is 0 Å². The topological polar surface area (TPSA) is 84.5 Å². The van der Waals surface area contributed by atoms with Gasteiger partial charge >= 0.3 is 0 Å². The van der Waals surface area contributed by atoms with Crippen molar-refractivity contribution in [3.8, 4) is 5.75 Å². The fourth-order valence-corrected chi connectivity index (χ4v) is 3.29. The summed E-state index contributed by atoms with van der Waals surface area (Å²) in [5, 5.41) is 8.80. The fraction of sp³-hybridized carbons (Fsp3) is 0.286. The highest BCUT2D eigenvalue weighted by Crippen LogP contribution is 2.20. The summed E-state index contributed by atoms with van der Waals surface area (Å²) in [5.41, 5.74) is 1.99. The first-order chi connectivity index (χ1) is 15.0. The van der Waals surface area contributed by atoms with E-state index in [0.29, 0.717) is 44.2 Å². The quantitative estimate of drug-likeness (QED) is 0.402. The molecule has 0 fully saturated rings. The maximum atomic E-state index is 13.5. The van der Waals surface area contributed by atoms with E-state index in [-0.39, 0.29) is 22.2 Å². The molecule has 0 radical (unpaired) electrons. The van der Waals surface area contributed by atoms with E-state index in [0.717, 1.165) is 17.7 Å². The predicted octanol–water partition coefficient (Wildman–Crippen LogP) is 2.69. The number of amides is 1. The number of nitrogens with one attached hydrogen (secondary N) is 3. The molecule has 7 nitrogen and oxygen atoms in total. The van der Waals surface area contributed by atoms with Gasteiger partial charge in [-0.1, -0.05) is 12.2 Å². The number of carbonyl (C=O) groups excluding carboxylic acids is 1. The Labute approximate surface area is 183 Å². The molecule has 1 aromatic carbocycles. The lowest BCUT2D eigenvalue weighted by Crippen LogP contribution is -2.39. The lowest BCUT2D eigenvalue weighted by atomic mass is 10.1. The molecule has 0 bridgehead atoms. The molecule has 1 aliphatic rings. The molecule has 31 heavy (non-hydrogen) atoms. The van der Waals surface area contributed by atoms with Crippen molar-refractivity contribution >= 4 is 28.8 Å².